The van der Waals surface area contributed by atoms with Crippen LogP contribution < -0.4 is 10.6 Å². The van der Waals surface area contributed by atoms with Gasteiger partial charge in [-0.3, -0.25) is 0 Å². The van der Waals surface area contributed by atoms with Crippen LogP contribution in [0.5, 0.6) is 0 Å². The molecule has 0 bridgehead atoms. The van der Waals surface area contributed by atoms with E-state index in [0.717, 1.165) is 12.1 Å². The Balaban J connectivity index is 1.94. The van der Waals surface area contributed by atoms with Gasteiger partial charge >= 0.3 is 12.0 Å². The van der Waals surface area contributed by atoms with Gasteiger partial charge in [-0.25, -0.2) is 18.4 Å². The van der Waals surface area contributed by atoms with Crippen LogP contribution in [0.15, 0.2) is 34.7 Å². The summed E-state index contributed by atoms with van der Waals surface area (Å²) in [5, 5.41) is 13.0. The first-order chi connectivity index (χ1) is 9.97. The number of para-hydroxylation sites is 1. The van der Waals surface area contributed by atoms with Gasteiger partial charge in [0.2, 0.25) is 5.76 Å². The Morgan fingerprint density at radius 3 is 2.38 bits per heavy atom. The van der Waals surface area contributed by atoms with Crippen molar-refractivity contribution in [1.82, 2.24) is 5.32 Å². The lowest BCUT2D eigenvalue weighted by molar-refractivity contribution is 0.0660. The van der Waals surface area contributed by atoms with Gasteiger partial charge in [0.05, 0.1) is 6.54 Å². The number of amides is 2. The number of furan rings is 1. The van der Waals surface area contributed by atoms with E-state index in [-0.39, 0.29) is 18.1 Å². The number of rotatable bonds is 4. The smallest absolute Gasteiger partial charge is 0.371 e. The highest BCUT2D eigenvalue weighted by molar-refractivity contribution is 5.89. The predicted octanol–water partition coefficient (Wildman–Crippen LogP) is 2.58. The van der Waals surface area contributed by atoms with Crippen molar-refractivity contribution < 1.29 is 27.9 Å². The maximum absolute atomic E-state index is 13.3. The lowest BCUT2D eigenvalue weighted by Crippen LogP contribution is -2.28. The number of carbonyl (C=O) groups is 2. The minimum absolute atomic E-state index is 0.130. The summed E-state index contributed by atoms with van der Waals surface area (Å²) in [5.74, 6) is -3.13. The number of urea groups is 1. The molecule has 1 aromatic heterocycles. The number of carboxylic acids is 1. The Morgan fingerprint density at radius 2 is 1.81 bits per heavy atom. The van der Waals surface area contributed by atoms with E-state index < -0.39 is 29.3 Å². The van der Waals surface area contributed by atoms with Crippen LogP contribution in [-0.4, -0.2) is 17.1 Å². The Bertz CT molecular complexity index is 664. The van der Waals surface area contributed by atoms with E-state index in [0.29, 0.717) is 0 Å². The van der Waals surface area contributed by atoms with E-state index in [1.165, 1.54) is 18.2 Å². The zero-order valence-electron chi connectivity index (χ0n) is 10.5. The first-order valence-electron chi connectivity index (χ1n) is 5.78. The Labute approximate surface area is 117 Å². The molecule has 6 nitrogen and oxygen atoms in total. The summed E-state index contributed by atoms with van der Waals surface area (Å²) in [7, 11) is 0. The summed E-state index contributed by atoms with van der Waals surface area (Å²) in [6, 6.07) is 4.92. The minimum Gasteiger partial charge on any atom is -0.475 e. The Morgan fingerprint density at radius 1 is 1.14 bits per heavy atom. The molecule has 0 saturated carbocycles. The number of hydrogen-bond acceptors (Lipinski definition) is 3. The minimum atomic E-state index is -1.24. The quantitative estimate of drug-likeness (QED) is 0.808. The van der Waals surface area contributed by atoms with Gasteiger partial charge in [0.15, 0.2) is 0 Å². The van der Waals surface area contributed by atoms with Crippen LogP contribution in [0.25, 0.3) is 0 Å². The van der Waals surface area contributed by atoms with E-state index in [1.54, 1.807) is 0 Å². The van der Waals surface area contributed by atoms with Gasteiger partial charge in [-0.2, -0.15) is 0 Å². The fraction of sp³-hybridized carbons (Fsp3) is 0.0769. The summed E-state index contributed by atoms with van der Waals surface area (Å²) in [6.07, 6.45) is 0. The van der Waals surface area contributed by atoms with Gasteiger partial charge in [0, 0.05) is 0 Å². The number of benzene rings is 1. The zero-order chi connectivity index (χ0) is 15.4. The number of nitrogens with one attached hydrogen (secondary N) is 2. The van der Waals surface area contributed by atoms with E-state index in [9.17, 15) is 18.4 Å². The molecule has 21 heavy (non-hydrogen) atoms. The molecule has 0 spiro atoms. The van der Waals surface area contributed by atoms with Crippen molar-refractivity contribution in [3.63, 3.8) is 0 Å². The maximum Gasteiger partial charge on any atom is 0.371 e. The summed E-state index contributed by atoms with van der Waals surface area (Å²) in [5.41, 5.74) is -0.569. The van der Waals surface area contributed by atoms with Crippen molar-refractivity contribution in [2.75, 3.05) is 5.32 Å². The summed E-state index contributed by atoms with van der Waals surface area (Å²) < 4.78 is 31.5. The van der Waals surface area contributed by atoms with Crippen molar-refractivity contribution in [3.05, 3.63) is 53.5 Å². The molecule has 0 fully saturated rings. The first-order valence-corrected chi connectivity index (χ1v) is 5.78. The number of carboxylic acid groups (broad SMARTS) is 1. The van der Waals surface area contributed by atoms with E-state index in [2.05, 4.69) is 5.32 Å². The van der Waals surface area contributed by atoms with Crippen LogP contribution in [0.3, 0.4) is 0 Å². The van der Waals surface area contributed by atoms with Crippen molar-refractivity contribution >= 4 is 17.7 Å². The van der Waals surface area contributed by atoms with Gasteiger partial charge < -0.3 is 20.2 Å². The molecule has 2 amide bonds. The van der Waals surface area contributed by atoms with E-state index in [4.69, 9.17) is 9.52 Å². The van der Waals surface area contributed by atoms with Gasteiger partial charge in [-0.05, 0) is 24.3 Å². The molecule has 0 radical (unpaired) electrons. The molecule has 2 rings (SSSR count). The first kappa shape index (κ1) is 14.5. The Kier molecular flexibility index (Phi) is 4.17. The molecule has 1 aromatic carbocycles. The topological polar surface area (TPSA) is 91.6 Å². The molecule has 1 heterocycles. The molecule has 3 N–H and O–H groups in total. The maximum atomic E-state index is 13.3. The molecule has 110 valence electrons. The second kappa shape index (κ2) is 6.04. The third-order valence-corrected chi connectivity index (χ3v) is 2.50. The van der Waals surface area contributed by atoms with Gasteiger partial charge in [-0.1, -0.05) is 6.07 Å². The van der Waals surface area contributed by atoms with Gasteiger partial charge in [0.25, 0.3) is 0 Å². The summed E-state index contributed by atoms with van der Waals surface area (Å²) >= 11 is 0. The van der Waals surface area contributed by atoms with Gasteiger partial charge in [0.1, 0.15) is 23.1 Å². The number of aromatic carboxylic acids is 1. The second-order valence-corrected chi connectivity index (χ2v) is 3.98. The predicted molar refractivity (Wildman–Crippen MR) is 67.9 cm³/mol. The lowest BCUT2D eigenvalue weighted by atomic mass is 10.3. The summed E-state index contributed by atoms with van der Waals surface area (Å²) in [4.78, 5) is 22.1. The molecule has 0 aliphatic heterocycles. The number of halogens is 2. The second-order valence-electron chi connectivity index (χ2n) is 3.98. The molecule has 0 saturated heterocycles. The molecule has 0 aliphatic carbocycles. The van der Waals surface area contributed by atoms with Crippen LogP contribution in [0, 0.1) is 11.6 Å². The Hall–Kier alpha value is -2.90. The molecule has 2 aromatic rings. The SMILES string of the molecule is O=C(NCc1ccc(C(=O)O)o1)Nc1c(F)cccc1F. The van der Waals surface area contributed by atoms with Crippen LogP contribution in [0.2, 0.25) is 0 Å². The van der Waals surface area contributed by atoms with E-state index >= 15 is 0 Å². The highest BCUT2D eigenvalue weighted by atomic mass is 19.1. The summed E-state index contributed by atoms with van der Waals surface area (Å²) in [6.45, 7) is -0.130. The fourth-order valence-corrected chi connectivity index (χ4v) is 1.53. The van der Waals surface area contributed by atoms with Crippen LogP contribution >= 0.6 is 0 Å². The van der Waals surface area contributed by atoms with Crippen LogP contribution in [0.4, 0.5) is 19.3 Å². The third kappa shape index (κ3) is 3.56. The highest BCUT2D eigenvalue weighted by Gasteiger charge is 2.13. The molecule has 0 atom stereocenters. The average Bonchev–Trinajstić information content (AvgIpc) is 2.90. The van der Waals surface area contributed by atoms with E-state index in [1.807, 2.05) is 5.32 Å². The molecular weight excluding hydrogens is 286 g/mol. The fourth-order valence-electron chi connectivity index (χ4n) is 1.53. The van der Waals surface area contributed by atoms with Crippen molar-refractivity contribution in [2.45, 2.75) is 6.54 Å². The monoisotopic (exact) mass is 296 g/mol. The lowest BCUT2D eigenvalue weighted by Gasteiger charge is -2.08. The number of hydrogen-bond donors (Lipinski definition) is 3. The highest BCUT2D eigenvalue weighted by Crippen LogP contribution is 2.17. The van der Waals surface area contributed by atoms with Crippen LogP contribution in [-0.2, 0) is 6.54 Å². The molecule has 0 aliphatic rings. The number of carbonyl (C=O) groups excluding carboxylic acids is 1. The number of anilines is 1. The van der Waals surface area contributed by atoms with Crippen molar-refractivity contribution in [3.8, 4) is 0 Å². The largest absolute Gasteiger partial charge is 0.475 e. The third-order valence-electron chi connectivity index (χ3n) is 2.50. The normalized spacial score (nSPS) is 10.2. The standard InChI is InChI=1S/C13H10F2N2O4/c14-8-2-1-3-9(15)11(8)17-13(20)16-6-7-4-5-10(21-7)12(18)19/h1-5H,6H2,(H,18,19)(H2,16,17,20). The average molecular weight is 296 g/mol. The molecule has 8 heteroatoms. The molecule has 0 unspecified atom stereocenters. The van der Waals surface area contributed by atoms with Crippen molar-refractivity contribution in [2.24, 2.45) is 0 Å². The molecular formula is C13H10F2N2O4. The zero-order valence-corrected chi connectivity index (χ0v) is 10.5. The van der Waals surface area contributed by atoms with Crippen molar-refractivity contribution in [1.29, 1.82) is 0 Å². The van der Waals surface area contributed by atoms with Crippen LogP contribution in [0.1, 0.15) is 16.3 Å². The van der Waals surface area contributed by atoms with Gasteiger partial charge in [-0.15, -0.1) is 0 Å².